The number of anilines is 1. The van der Waals surface area contributed by atoms with Gasteiger partial charge in [0.05, 0.1) is 18.3 Å². The zero-order chi connectivity index (χ0) is 15.9. The molecule has 0 saturated heterocycles. The van der Waals surface area contributed by atoms with Gasteiger partial charge in [-0.15, -0.1) is 0 Å². The van der Waals surface area contributed by atoms with Crippen LogP contribution in [0.2, 0.25) is 0 Å². The van der Waals surface area contributed by atoms with Gasteiger partial charge in [0.2, 0.25) is 5.88 Å². The van der Waals surface area contributed by atoms with Crippen molar-refractivity contribution in [2.24, 2.45) is 0 Å². The lowest BCUT2D eigenvalue weighted by molar-refractivity contribution is -0.137. The van der Waals surface area contributed by atoms with Crippen LogP contribution in [-0.4, -0.2) is 46.7 Å². The Morgan fingerprint density at radius 1 is 1.41 bits per heavy atom. The summed E-state index contributed by atoms with van der Waals surface area (Å²) in [5.41, 5.74) is 0.547. The monoisotopic (exact) mass is 307 g/mol. The number of carbonyl (C=O) groups is 2. The number of amides is 2. The van der Waals surface area contributed by atoms with E-state index in [0.29, 0.717) is 11.6 Å². The molecule has 0 aromatic carbocycles. The Kier molecular flexibility index (Phi) is 5.57. The van der Waals surface area contributed by atoms with Crippen molar-refractivity contribution >= 4 is 17.7 Å². The lowest BCUT2D eigenvalue weighted by Crippen LogP contribution is -2.33. The molecule has 0 atom stereocenters. The quantitative estimate of drug-likeness (QED) is 0.841. The summed E-state index contributed by atoms with van der Waals surface area (Å²) < 4.78 is 5.75. The molecule has 0 unspecified atom stereocenters. The fourth-order valence-corrected chi connectivity index (χ4v) is 2.28. The van der Waals surface area contributed by atoms with E-state index in [-0.39, 0.29) is 25.1 Å². The SMILES string of the molecule is CN(CCC(=O)O)C(=O)Nc1ccc(OC2CCCC2)nc1. The molecule has 0 spiro atoms. The standard InChI is InChI=1S/C15H21N3O4/c1-18(9-8-14(19)20)15(21)17-11-6-7-13(16-10-11)22-12-4-2-3-5-12/h6-7,10,12H,2-5,8-9H2,1H3,(H,17,21)(H,19,20). The largest absolute Gasteiger partial charge is 0.481 e. The number of nitrogens with one attached hydrogen (secondary N) is 1. The van der Waals surface area contributed by atoms with Gasteiger partial charge in [-0.2, -0.15) is 0 Å². The van der Waals surface area contributed by atoms with E-state index < -0.39 is 5.97 Å². The average Bonchev–Trinajstić information content (AvgIpc) is 2.99. The maximum absolute atomic E-state index is 11.9. The van der Waals surface area contributed by atoms with Gasteiger partial charge in [0.15, 0.2) is 0 Å². The van der Waals surface area contributed by atoms with Crippen LogP contribution in [0.5, 0.6) is 5.88 Å². The van der Waals surface area contributed by atoms with Gasteiger partial charge >= 0.3 is 12.0 Å². The van der Waals surface area contributed by atoms with Crippen LogP contribution >= 0.6 is 0 Å². The fourth-order valence-electron chi connectivity index (χ4n) is 2.28. The van der Waals surface area contributed by atoms with Crippen molar-refractivity contribution in [2.75, 3.05) is 18.9 Å². The van der Waals surface area contributed by atoms with Crippen LogP contribution < -0.4 is 10.1 Å². The third-order valence-corrected chi connectivity index (χ3v) is 3.59. The minimum absolute atomic E-state index is 0.0870. The summed E-state index contributed by atoms with van der Waals surface area (Å²) in [6, 6.07) is 3.08. The lowest BCUT2D eigenvalue weighted by Gasteiger charge is -2.17. The molecule has 2 amide bonds. The number of carboxylic acids is 1. The molecule has 1 aromatic heterocycles. The van der Waals surface area contributed by atoms with E-state index in [2.05, 4.69) is 10.3 Å². The lowest BCUT2D eigenvalue weighted by atomic mass is 10.3. The van der Waals surface area contributed by atoms with Gasteiger partial charge in [0, 0.05) is 19.7 Å². The Balaban J connectivity index is 1.82. The minimum Gasteiger partial charge on any atom is -0.481 e. The molecule has 1 saturated carbocycles. The number of hydrogen-bond donors (Lipinski definition) is 2. The van der Waals surface area contributed by atoms with Gasteiger partial charge in [0.1, 0.15) is 6.10 Å². The fraction of sp³-hybridized carbons (Fsp3) is 0.533. The Morgan fingerprint density at radius 3 is 2.73 bits per heavy atom. The molecule has 2 rings (SSSR count). The molecule has 2 N–H and O–H groups in total. The van der Waals surface area contributed by atoms with Gasteiger partial charge < -0.3 is 20.1 Å². The Morgan fingerprint density at radius 2 is 2.14 bits per heavy atom. The molecule has 1 aromatic rings. The summed E-state index contributed by atoms with van der Waals surface area (Å²) in [7, 11) is 1.54. The molecule has 1 aliphatic carbocycles. The molecule has 0 radical (unpaired) electrons. The van der Waals surface area contributed by atoms with Gasteiger partial charge in [-0.25, -0.2) is 9.78 Å². The number of nitrogens with zero attached hydrogens (tertiary/aromatic N) is 2. The topological polar surface area (TPSA) is 91.8 Å². The predicted molar refractivity (Wildman–Crippen MR) is 81.0 cm³/mol. The zero-order valence-electron chi connectivity index (χ0n) is 12.6. The van der Waals surface area contributed by atoms with Crippen LogP contribution in [0.1, 0.15) is 32.1 Å². The molecule has 22 heavy (non-hydrogen) atoms. The number of pyridine rings is 1. The van der Waals surface area contributed by atoms with E-state index in [4.69, 9.17) is 9.84 Å². The first-order valence-electron chi connectivity index (χ1n) is 7.41. The second-order valence-corrected chi connectivity index (χ2v) is 5.40. The Labute approximate surface area is 129 Å². The molecular formula is C15H21N3O4. The predicted octanol–water partition coefficient (Wildman–Crippen LogP) is 2.34. The van der Waals surface area contributed by atoms with E-state index in [0.717, 1.165) is 12.8 Å². The van der Waals surface area contributed by atoms with Gasteiger partial charge in [-0.3, -0.25) is 4.79 Å². The number of urea groups is 1. The average molecular weight is 307 g/mol. The molecule has 7 nitrogen and oxygen atoms in total. The first-order chi connectivity index (χ1) is 10.5. The summed E-state index contributed by atoms with van der Waals surface area (Å²) in [5.74, 6) is -0.376. The maximum Gasteiger partial charge on any atom is 0.321 e. The highest BCUT2D eigenvalue weighted by atomic mass is 16.5. The Hall–Kier alpha value is -2.31. The van der Waals surface area contributed by atoms with E-state index in [1.54, 1.807) is 19.2 Å². The second-order valence-electron chi connectivity index (χ2n) is 5.40. The molecular weight excluding hydrogens is 286 g/mol. The van der Waals surface area contributed by atoms with Crippen LogP contribution in [0.4, 0.5) is 10.5 Å². The highest BCUT2D eigenvalue weighted by molar-refractivity contribution is 5.89. The molecule has 1 aliphatic rings. The summed E-state index contributed by atoms with van der Waals surface area (Å²) in [5, 5.41) is 11.3. The van der Waals surface area contributed by atoms with Crippen molar-refractivity contribution in [1.82, 2.24) is 9.88 Å². The number of rotatable bonds is 6. The number of ether oxygens (including phenoxy) is 1. The van der Waals surface area contributed by atoms with Gasteiger partial charge in [-0.1, -0.05) is 0 Å². The van der Waals surface area contributed by atoms with E-state index in [1.807, 2.05) is 0 Å². The highest BCUT2D eigenvalue weighted by Gasteiger charge is 2.17. The van der Waals surface area contributed by atoms with Crippen LogP contribution in [0.25, 0.3) is 0 Å². The molecule has 120 valence electrons. The maximum atomic E-state index is 11.9. The van der Waals surface area contributed by atoms with E-state index in [9.17, 15) is 9.59 Å². The van der Waals surface area contributed by atoms with Crippen molar-refractivity contribution in [2.45, 2.75) is 38.2 Å². The van der Waals surface area contributed by atoms with Crippen molar-refractivity contribution in [1.29, 1.82) is 0 Å². The summed E-state index contributed by atoms with van der Waals surface area (Å²) in [4.78, 5) is 27.8. The van der Waals surface area contributed by atoms with Crippen molar-refractivity contribution in [3.05, 3.63) is 18.3 Å². The van der Waals surface area contributed by atoms with Gasteiger partial charge in [-0.05, 0) is 31.7 Å². The molecule has 1 fully saturated rings. The number of carbonyl (C=O) groups excluding carboxylic acids is 1. The molecule has 0 bridgehead atoms. The zero-order valence-corrected chi connectivity index (χ0v) is 12.6. The first-order valence-corrected chi connectivity index (χ1v) is 7.41. The second kappa shape index (κ2) is 7.63. The Bertz CT molecular complexity index is 512. The third-order valence-electron chi connectivity index (χ3n) is 3.59. The summed E-state index contributed by atoms with van der Waals surface area (Å²) >= 11 is 0. The van der Waals surface area contributed by atoms with Crippen molar-refractivity contribution < 1.29 is 19.4 Å². The molecule has 7 heteroatoms. The summed E-state index contributed by atoms with van der Waals surface area (Å²) in [6.07, 6.45) is 6.21. The van der Waals surface area contributed by atoms with Crippen molar-refractivity contribution in [3.63, 3.8) is 0 Å². The smallest absolute Gasteiger partial charge is 0.321 e. The third kappa shape index (κ3) is 4.91. The number of carboxylic acid groups (broad SMARTS) is 1. The number of aromatic nitrogens is 1. The van der Waals surface area contributed by atoms with Crippen LogP contribution in [0.3, 0.4) is 0 Å². The van der Waals surface area contributed by atoms with Crippen LogP contribution in [0, 0.1) is 0 Å². The highest BCUT2D eigenvalue weighted by Crippen LogP contribution is 2.23. The van der Waals surface area contributed by atoms with Crippen LogP contribution in [0.15, 0.2) is 18.3 Å². The minimum atomic E-state index is -0.935. The normalized spacial score (nSPS) is 14.6. The van der Waals surface area contributed by atoms with Crippen LogP contribution in [-0.2, 0) is 4.79 Å². The van der Waals surface area contributed by atoms with Gasteiger partial charge in [0.25, 0.3) is 0 Å². The summed E-state index contributed by atoms with van der Waals surface area (Å²) in [6.45, 7) is 0.150. The van der Waals surface area contributed by atoms with E-state index in [1.165, 1.54) is 23.9 Å². The first kappa shape index (κ1) is 16.1. The molecule has 1 heterocycles. The van der Waals surface area contributed by atoms with E-state index >= 15 is 0 Å². The molecule has 0 aliphatic heterocycles. The number of hydrogen-bond acceptors (Lipinski definition) is 4. The number of aliphatic carboxylic acids is 1. The van der Waals surface area contributed by atoms with Crippen molar-refractivity contribution in [3.8, 4) is 5.88 Å².